The largest absolute Gasteiger partial charge is 0.461 e. The summed E-state index contributed by atoms with van der Waals surface area (Å²) in [5.41, 5.74) is 8.93. The highest BCUT2D eigenvalue weighted by molar-refractivity contribution is 9.10. The molecule has 3 rings (SSSR count). The minimum Gasteiger partial charge on any atom is -0.461 e. The Bertz CT molecular complexity index is 833. The van der Waals surface area contributed by atoms with Gasteiger partial charge in [0.25, 0.3) is 0 Å². The van der Waals surface area contributed by atoms with Crippen molar-refractivity contribution in [2.45, 2.75) is 13.5 Å². The van der Waals surface area contributed by atoms with E-state index in [-0.39, 0.29) is 25.0 Å². The van der Waals surface area contributed by atoms with Crippen molar-refractivity contribution in [1.29, 1.82) is 0 Å². The molecule has 0 aliphatic rings. The lowest BCUT2D eigenvalue weighted by atomic mass is 10.2. The van der Waals surface area contributed by atoms with Gasteiger partial charge < -0.3 is 15.6 Å². The first-order valence-electron chi connectivity index (χ1n) is 6.93. The third kappa shape index (κ3) is 3.25. The molecule has 0 atom stereocenters. The van der Waals surface area contributed by atoms with Crippen LogP contribution in [-0.2, 0) is 6.54 Å². The van der Waals surface area contributed by atoms with Crippen LogP contribution >= 0.6 is 15.9 Å². The second kappa shape index (κ2) is 6.47. The molecular formula is C14H15BrN6O2. The number of aromatic nitrogens is 5. The number of aryl methyl sites for hydroxylation is 1. The lowest BCUT2D eigenvalue weighted by Gasteiger charge is -2.07. The fourth-order valence-corrected chi connectivity index (χ4v) is 2.56. The highest BCUT2D eigenvalue weighted by Gasteiger charge is 2.16. The molecule has 120 valence electrons. The number of hydrogen-bond acceptors (Lipinski definition) is 7. The summed E-state index contributed by atoms with van der Waals surface area (Å²) in [6, 6.07) is 4.05. The van der Waals surface area contributed by atoms with Crippen molar-refractivity contribution in [3.63, 3.8) is 0 Å². The molecule has 0 saturated carbocycles. The number of halogens is 1. The number of ether oxygens (including phenoxy) is 1. The van der Waals surface area contributed by atoms with Gasteiger partial charge in [0, 0.05) is 11.9 Å². The maximum atomic E-state index is 8.84. The number of nitrogens with two attached hydrogens (primary N) is 1. The van der Waals surface area contributed by atoms with Crippen molar-refractivity contribution in [3.8, 4) is 6.01 Å². The Morgan fingerprint density at radius 3 is 2.83 bits per heavy atom. The van der Waals surface area contributed by atoms with Gasteiger partial charge in [0.1, 0.15) is 6.61 Å². The summed E-state index contributed by atoms with van der Waals surface area (Å²) in [6.07, 6.45) is 1.81. The van der Waals surface area contributed by atoms with Crippen molar-refractivity contribution in [3.05, 3.63) is 34.3 Å². The molecule has 0 fully saturated rings. The summed E-state index contributed by atoms with van der Waals surface area (Å²) in [4.78, 5) is 17.0. The summed E-state index contributed by atoms with van der Waals surface area (Å²) < 4.78 is 7.70. The second-order valence-corrected chi connectivity index (χ2v) is 5.62. The average molecular weight is 379 g/mol. The second-order valence-electron chi connectivity index (χ2n) is 4.91. The van der Waals surface area contributed by atoms with Crippen LogP contribution in [0.5, 0.6) is 6.01 Å². The normalized spacial score (nSPS) is 11.1. The summed E-state index contributed by atoms with van der Waals surface area (Å²) in [5, 5.41) is 8.84. The highest BCUT2D eigenvalue weighted by Crippen LogP contribution is 2.25. The third-order valence-corrected chi connectivity index (χ3v) is 3.80. The average Bonchev–Trinajstić information content (AvgIpc) is 2.84. The fourth-order valence-electron chi connectivity index (χ4n) is 2.09. The molecule has 0 aliphatic heterocycles. The zero-order valence-corrected chi connectivity index (χ0v) is 14.0. The smallest absolute Gasteiger partial charge is 0.320 e. The molecule has 23 heavy (non-hydrogen) atoms. The van der Waals surface area contributed by atoms with Gasteiger partial charge in [-0.3, -0.25) is 9.55 Å². The molecule has 0 aliphatic carbocycles. The van der Waals surface area contributed by atoms with Crippen LogP contribution in [-0.4, -0.2) is 42.8 Å². The number of hydrogen-bond donors (Lipinski definition) is 2. The topological polar surface area (TPSA) is 112 Å². The van der Waals surface area contributed by atoms with Crippen molar-refractivity contribution >= 4 is 32.9 Å². The number of anilines is 1. The molecule has 3 aromatic heterocycles. The number of aliphatic hydroxyl groups excluding tert-OH is 1. The summed E-state index contributed by atoms with van der Waals surface area (Å²) in [7, 11) is 0. The van der Waals surface area contributed by atoms with Crippen LogP contribution in [0.2, 0.25) is 0 Å². The Morgan fingerprint density at radius 1 is 1.30 bits per heavy atom. The van der Waals surface area contributed by atoms with Gasteiger partial charge in [-0.15, -0.1) is 0 Å². The first kappa shape index (κ1) is 15.6. The Kier molecular flexibility index (Phi) is 4.39. The Hall–Kier alpha value is -2.26. The molecule has 0 amide bonds. The molecule has 3 aromatic rings. The van der Waals surface area contributed by atoms with E-state index in [0.29, 0.717) is 22.4 Å². The first-order chi connectivity index (χ1) is 11.1. The predicted octanol–water partition coefficient (Wildman–Crippen LogP) is 1.29. The van der Waals surface area contributed by atoms with Crippen molar-refractivity contribution in [2.75, 3.05) is 18.9 Å². The summed E-state index contributed by atoms with van der Waals surface area (Å²) in [6.45, 7) is 2.44. The summed E-state index contributed by atoms with van der Waals surface area (Å²) >= 11 is 3.42. The minimum atomic E-state index is -0.126. The standard InChI is InChI=1S/C14H15BrN6O2/c1-8-2-3-9(6-17-8)7-21-12-10(18-13(21)15)11(16)19-14(20-12)23-5-4-22/h2-3,6,22H,4-5,7H2,1H3,(H2,16,19,20). The van der Waals surface area contributed by atoms with E-state index in [2.05, 4.69) is 35.9 Å². The fraction of sp³-hybridized carbons (Fsp3) is 0.286. The van der Waals surface area contributed by atoms with Gasteiger partial charge in [-0.1, -0.05) is 6.07 Å². The molecule has 0 aromatic carbocycles. The zero-order valence-electron chi connectivity index (χ0n) is 12.4. The molecule has 3 heterocycles. The van der Waals surface area contributed by atoms with E-state index in [0.717, 1.165) is 11.3 Å². The van der Waals surface area contributed by atoms with Crippen LogP contribution in [0.25, 0.3) is 11.2 Å². The minimum absolute atomic E-state index is 0.0993. The van der Waals surface area contributed by atoms with E-state index >= 15 is 0 Å². The van der Waals surface area contributed by atoms with E-state index < -0.39 is 0 Å². The quantitative estimate of drug-likeness (QED) is 0.643. The number of fused-ring (bicyclic) bond motifs is 1. The van der Waals surface area contributed by atoms with Crippen LogP contribution in [0.15, 0.2) is 23.1 Å². The predicted molar refractivity (Wildman–Crippen MR) is 88.1 cm³/mol. The molecule has 0 unspecified atom stereocenters. The number of aliphatic hydroxyl groups is 1. The van der Waals surface area contributed by atoms with E-state index in [1.165, 1.54) is 0 Å². The van der Waals surface area contributed by atoms with Gasteiger partial charge >= 0.3 is 6.01 Å². The van der Waals surface area contributed by atoms with Gasteiger partial charge in [0.2, 0.25) is 0 Å². The van der Waals surface area contributed by atoms with E-state index in [1.807, 2.05) is 23.6 Å². The van der Waals surface area contributed by atoms with Gasteiger partial charge in [-0.2, -0.15) is 9.97 Å². The first-order valence-corrected chi connectivity index (χ1v) is 7.72. The Labute approximate surface area is 140 Å². The number of pyridine rings is 1. The van der Waals surface area contributed by atoms with Crippen molar-refractivity contribution < 1.29 is 9.84 Å². The molecule has 0 radical (unpaired) electrons. The van der Waals surface area contributed by atoms with Crippen molar-refractivity contribution in [1.82, 2.24) is 24.5 Å². The number of nitrogen functional groups attached to an aromatic ring is 1. The van der Waals surface area contributed by atoms with Crippen molar-refractivity contribution in [2.24, 2.45) is 0 Å². The molecule has 8 nitrogen and oxygen atoms in total. The van der Waals surface area contributed by atoms with Gasteiger partial charge in [0.15, 0.2) is 21.7 Å². The van der Waals surface area contributed by atoms with E-state index in [1.54, 1.807) is 6.20 Å². The SMILES string of the molecule is Cc1ccc(Cn2c(Br)nc3c(N)nc(OCCO)nc32)cn1. The molecule has 0 bridgehead atoms. The molecule has 9 heteroatoms. The van der Waals surface area contributed by atoms with Crippen LogP contribution < -0.4 is 10.5 Å². The Morgan fingerprint density at radius 2 is 2.13 bits per heavy atom. The van der Waals surface area contributed by atoms with Crippen LogP contribution in [0.4, 0.5) is 5.82 Å². The van der Waals surface area contributed by atoms with Crippen LogP contribution in [0.3, 0.4) is 0 Å². The monoisotopic (exact) mass is 378 g/mol. The van der Waals surface area contributed by atoms with Gasteiger partial charge in [-0.25, -0.2) is 4.98 Å². The van der Waals surface area contributed by atoms with E-state index in [4.69, 9.17) is 15.6 Å². The molecule has 3 N–H and O–H groups in total. The Balaban J connectivity index is 2.02. The van der Waals surface area contributed by atoms with Gasteiger partial charge in [0.05, 0.1) is 13.2 Å². The number of nitrogens with zero attached hydrogens (tertiary/aromatic N) is 5. The number of rotatable bonds is 5. The van der Waals surface area contributed by atoms with Crippen LogP contribution in [0, 0.1) is 6.92 Å². The number of imidazole rings is 1. The zero-order chi connectivity index (χ0) is 16.4. The van der Waals surface area contributed by atoms with Crippen LogP contribution in [0.1, 0.15) is 11.3 Å². The maximum absolute atomic E-state index is 8.84. The molecule has 0 spiro atoms. The highest BCUT2D eigenvalue weighted by atomic mass is 79.9. The van der Waals surface area contributed by atoms with Gasteiger partial charge in [-0.05, 0) is 34.5 Å². The molecule has 0 saturated heterocycles. The maximum Gasteiger partial charge on any atom is 0.320 e. The molecular weight excluding hydrogens is 364 g/mol. The summed E-state index contributed by atoms with van der Waals surface area (Å²) in [5.74, 6) is 0.226. The third-order valence-electron chi connectivity index (χ3n) is 3.19. The van der Waals surface area contributed by atoms with E-state index in [9.17, 15) is 0 Å². The lowest BCUT2D eigenvalue weighted by Crippen LogP contribution is -2.08. The lowest BCUT2D eigenvalue weighted by molar-refractivity contribution is 0.192.